The standard InChI is InChI=1S/C18H24BrNO3/c1-18(2,3)23-17(21)20-9-4-5-15(20)16-14-7-6-13(19)11-12(14)8-10-22-16/h6-7,11,15-16H,4-5,8-10H2,1-3H3. The number of carbonyl (C=O) groups excluding carboxylic acids is 1. The summed E-state index contributed by atoms with van der Waals surface area (Å²) in [6.07, 6.45) is 2.59. The molecule has 1 amide bonds. The number of carbonyl (C=O) groups is 1. The monoisotopic (exact) mass is 381 g/mol. The van der Waals surface area contributed by atoms with Crippen LogP contribution in [0.15, 0.2) is 22.7 Å². The van der Waals surface area contributed by atoms with Crippen molar-refractivity contribution in [2.75, 3.05) is 13.2 Å². The van der Waals surface area contributed by atoms with Gasteiger partial charge in [0.2, 0.25) is 0 Å². The minimum absolute atomic E-state index is 0.0538. The van der Waals surface area contributed by atoms with E-state index >= 15 is 0 Å². The van der Waals surface area contributed by atoms with Crippen LogP contribution in [0.25, 0.3) is 0 Å². The van der Waals surface area contributed by atoms with E-state index in [1.54, 1.807) is 0 Å². The first kappa shape index (κ1) is 16.8. The molecular weight excluding hydrogens is 358 g/mol. The van der Waals surface area contributed by atoms with E-state index in [1.165, 1.54) is 11.1 Å². The highest BCUT2D eigenvalue weighted by Gasteiger charge is 2.40. The van der Waals surface area contributed by atoms with Gasteiger partial charge in [-0.15, -0.1) is 0 Å². The summed E-state index contributed by atoms with van der Waals surface area (Å²) in [5.41, 5.74) is 2.05. The molecule has 0 N–H and O–H groups in total. The third-order valence-corrected chi connectivity index (χ3v) is 4.85. The van der Waals surface area contributed by atoms with Gasteiger partial charge in [0, 0.05) is 11.0 Å². The van der Waals surface area contributed by atoms with Gasteiger partial charge in [0.1, 0.15) is 11.7 Å². The molecule has 2 atom stereocenters. The molecule has 2 aliphatic rings. The normalized spacial score (nSPS) is 24.4. The molecule has 126 valence electrons. The van der Waals surface area contributed by atoms with Crippen molar-refractivity contribution in [1.29, 1.82) is 0 Å². The molecule has 0 saturated carbocycles. The summed E-state index contributed by atoms with van der Waals surface area (Å²) in [4.78, 5) is 14.4. The zero-order valence-electron chi connectivity index (χ0n) is 14.0. The van der Waals surface area contributed by atoms with E-state index in [9.17, 15) is 4.79 Å². The summed E-state index contributed by atoms with van der Waals surface area (Å²) in [5, 5.41) is 0. The molecule has 0 spiro atoms. The first-order valence-corrected chi connectivity index (χ1v) is 9.04. The van der Waals surface area contributed by atoms with Gasteiger partial charge < -0.3 is 14.4 Å². The Bertz CT molecular complexity index is 596. The van der Waals surface area contributed by atoms with Gasteiger partial charge in [-0.25, -0.2) is 4.79 Å². The zero-order valence-corrected chi connectivity index (χ0v) is 15.6. The number of hydrogen-bond donors (Lipinski definition) is 0. The quantitative estimate of drug-likeness (QED) is 0.720. The van der Waals surface area contributed by atoms with Crippen LogP contribution >= 0.6 is 15.9 Å². The van der Waals surface area contributed by atoms with Crippen LogP contribution in [-0.4, -0.2) is 35.8 Å². The van der Waals surface area contributed by atoms with Gasteiger partial charge in [0.15, 0.2) is 0 Å². The molecule has 1 saturated heterocycles. The largest absolute Gasteiger partial charge is 0.444 e. The lowest BCUT2D eigenvalue weighted by Crippen LogP contribution is -2.43. The average molecular weight is 382 g/mol. The van der Waals surface area contributed by atoms with E-state index in [0.717, 1.165) is 30.3 Å². The van der Waals surface area contributed by atoms with E-state index in [-0.39, 0.29) is 18.2 Å². The summed E-state index contributed by atoms with van der Waals surface area (Å²) in [7, 11) is 0. The zero-order chi connectivity index (χ0) is 16.6. The molecule has 4 nitrogen and oxygen atoms in total. The van der Waals surface area contributed by atoms with Crippen LogP contribution in [0.3, 0.4) is 0 Å². The van der Waals surface area contributed by atoms with Crippen molar-refractivity contribution in [2.24, 2.45) is 0 Å². The maximum atomic E-state index is 12.5. The average Bonchev–Trinajstić information content (AvgIpc) is 2.93. The Morgan fingerprint density at radius 1 is 1.39 bits per heavy atom. The third kappa shape index (κ3) is 3.72. The first-order chi connectivity index (χ1) is 10.8. The number of nitrogens with zero attached hydrogens (tertiary/aromatic N) is 1. The van der Waals surface area contributed by atoms with Crippen LogP contribution in [0, 0.1) is 0 Å². The summed E-state index contributed by atoms with van der Waals surface area (Å²) < 4.78 is 12.7. The van der Waals surface area contributed by atoms with E-state index in [0.29, 0.717) is 6.61 Å². The van der Waals surface area contributed by atoms with E-state index in [2.05, 4.69) is 28.1 Å². The topological polar surface area (TPSA) is 38.8 Å². The molecule has 5 heteroatoms. The van der Waals surface area contributed by atoms with Gasteiger partial charge in [0.25, 0.3) is 0 Å². The van der Waals surface area contributed by atoms with Crippen molar-refractivity contribution >= 4 is 22.0 Å². The van der Waals surface area contributed by atoms with E-state index < -0.39 is 5.60 Å². The van der Waals surface area contributed by atoms with Crippen molar-refractivity contribution in [3.8, 4) is 0 Å². The molecule has 2 unspecified atom stereocenters. The van der Waals surface area contributed by atoms with Gasteiger partial charge in [-0.3, -0.25) is 0 Å². The second-order valence-electron chi connectivity index (χ2n) is 7.27. The third-order valence-electron chi connectivity index (χ3n) is 4.36. The summed E-state index contributed by atoms with van der Waals surface area (Å²) in [6.45, 7) is 7.15. The fourth-order valence-electron chi connectivity index (χ4n) is 3.43. The molecule has 1 aromatic rings. The van der Waals surface area contributed by atoms with E-state index in [1.807, 2.05) is 31.7 Å². The minimum atomic E-state index is -0.472. The van der Waals surface area contributed by atoms with Crippen LogP contribution in [0.5, 0.6) is 0 Å². The van der Waals surface area contributed by atoms with Crippen LogP contribution in [-0.2, 0) is 15.9 Å². The molecule has 0 aliphatic carbocycles. The smallest absolute Gasteiger partial charge is 0.410 e. The lowest BCUT2D eigenvalue weighted by Gasteiger charge is -2.36. The number of ether oxygens (including phenoxy) is 2. The second kappa shape index (κ2) is 6.44. The Morgan fingerprint density at radius 2 is 2.17 bits per heavy atom. The number of halogens is 1. The van der Waals surface area contributed by atoms with E-state index in [4.69, 9.17) is 9.47 Å². The minimum Gasteiger partial charge on any atom is -0.444 e. The molecule has 2 heterocycles. The molecule has 0 bridgehead atoms. The molecule has 23 heavy (non-hydrogen) atoms. The fourth-order valence-corrected chi connectivity index (χ4v) is 3.84. The Labute approximate surface area is 146 Å². The van der Waals surface area contributed by atoms with Gasteiger partial charge in [0.05, 0.1) is 12.6 Å². The number of fused-ring (bicyclic) bond motifs is 1. The molecule has 0 aromatic heterocycles. The summed E-state index contributed by atoms with van der Waals surface area (Å²) in [5.74, 6) is 0. The number of rotatable bonds is 1. The van der Waals surface area contributed by atoms with Crippen molar-refractivity contribution < 1.29 is 14.3 Å². The van der Waals surface area contributed by atoms with Crippen molar-refractivity contribution in [2.45, 2.75) is 57.8 Å². The highest BCUT2D eigenvalue weighted by molar-refractivity contribution is 9.10. The fraction of sp³-hybridized carbons (Fsp3) is 0.611. The molecular formula is C18H24BrNO3. The molecule has 0 radical (unpaired) electrons. The Balaban J connectivity index is 1.83. The van der Waals surface area contributed by atoms with Gasteiger partial charge in [-0.05, 0) is 63.3 Å². The van der Waals surface area contributed by atoms with Gasteiger partial charge in [-0.2, -0.15) is 0 Å². The summed E-state index contributed by atoms with van der Waals surface area (Å²) >= 11 is 3.54. The maximum Gasteiger partial charge on any atom is 0.410 e. The molecule has 1 fully saturated rings. The predicted octanol–water partition coefficient (Wildman–Crippen LogP) is 4.46. The Morgan fingerprint density at radius 3 is 2.91 bits per heavy atom. The number of likely N-dealkylation sites (tertiary alicyclic amines) is 1. The number of benzene rings is 1. The van der Waals surface area contributed by atoms with Gasteiger partial charge in [-0.1, -0.05) is 22.0 Å². The lowest BCUT2D eigenvalue weighted by atomic mass is 9.92. The Kier molecular flexibility index (Phi) is 4.70. The lowest BCUT2D eigenvalue weighted by molar-refractivity contribution is -0.0265. The Hall–Kier alpha value is -1.07. The SMILES string of the molecule is CC(C)(C)OC(=O)N1CCCC1C1OCCc2cc(Br)ccc21. The number of hydrogen-bond acceptors (Lipinski definition) is 3. The van der Waals surface area contributed by atoms with Gasteiger partial charge >= 0.3 is 6.09 Å². The first-order valence-electron chi connectivity index (χ1n) is 8.25. The van der Waals surface area contributed by atoms with Crippen LogP contribution in [0.1, 0.15) is 50.8 Å². The van der Waals surface area contributed by atoms with Crippen LogP contribution in [0.2, 0.25) is 0 Å². The highest BCUT2D eigenvalue weighted by Crippen LogP contribution is 2.38. The highest BCUT2D eigenvalue weighted by atomic mass is 79.9. The molecule has 2 aliphatic heterocycles. The number of amides is 1. The van der Waals surface area contributed by atoms with Crippen LogP contribution in [0.4, 0.5) is 4.79 Å². The van der Waals surface area contributed by atoms with Crippen molar-refractivity contribution in [1.82, 2.24) is 4.90 Å². The predicted molar refractivity (Wildman–Crippen MR) is 92.5 cm³/mol. The maximum absolute atomic E-state index is 12.5. The van der Waals surface area contributed by atoms with Crippen molar-refractivity contribution in [3.63, 3.8) is 0 Å². The molecule has 3 rings (SSSR count). The second-order valence-corrected chi connectivity index (χ2v) is 8.18. The summed E-state index contributed by atoms with van der Waals surface area (Å²) in [6, 6.07) is 6.39. The van der Waals surface area contributed by atoms with Crippen LogP contribution < -0.4 is 0 Å². The molecule has 1 aromatic carbocycles. The van der Waals surface area contributed by atoms with Crippen molar-refractivity contribution in [3.05, 3.63) is 33.8 Å².